The standard InChI is InChI=1S/C4H9N3S2/c1-3(8-2)7-9-4(5)6/h1-2H3,(H3,5,6)/b7-3+. The molecule has 3 nitrogen and oxygen atoms in total. The van der Waals surface area contributed by atoms with Gasteiger partial charge in [0, 0.05) is 11.9 Å². The number of nitrogens with two attached hydrogens (primary N) is 1. The second kappa shape index (κ2) is 4.69. The summed E-state index contributed by atoms with van der Waals surface area (Å²) < 4.78 is 3.89. The van der Waals surface area contributed by atoms with Gasteiger partial charge in [0.25, 0.3) is 0 Å². The molecule has 0 unspecified atom stereocenters. The predicted molar refractivity (Wildman–Crippen MR) is 46.1 cm³/mol. The second-order valence-electron chi connectivity index (χ2n) is 1.27. The minimum Gasteiger partial charge on any atom is -0.377 e. The van der Waals surface area contributed by atoms with Gasteiger partial charge in [0.05, 0.1) is 5.04 Å². The van der Waals surface area contributed by atoms with Crippen LogP contribution in [-0.2, 0) is 0 Å². The van der Waals surface area contributed by atoms with Crippen LogP contribution in [0.2, 0.25) is 0 Å². The average Bonchev–Trinajstić information content (AvgIpc) is 1.83. The fourth-order valence-corrected chi connectivity index (χ4v) is 0.788. The first-order chi connectivity index (χ1) is 4.16. The van der Waals surface area contributed by atoms with Gasteiger partial charge in [-0.1, -0.05) is 0 Å². The van der Waals surface area contributed by atoms with E-state index in [-0.39, 0.29) is 5.17 Å². The van der Waals surface area contributed by atoms with Crippen molar-refractivity contribution in [2.75, 3.05) is 6.26 Å². The van der Waals surface area contributed by atoms with Crippen molar-refractivity contribution in [1.82, 2.24) is 0 Å². The van der Waals surface area contributed by atoms with Crippen LogP contribution in [-0.4, -0.2) is 16.5 Å². The normalized spacial score (nSPS) is 11.6. The Bertz CT molecular complexity index is 132. The average molecular weight is 163 g/mol. The Morgan fingerprint density at radius 3 is 2.56 bits per heavy atom. The first-order valence-electron chi connectivity index (χ1n) is 2.26. The van der Waals surface area contributed by atoms with Gasteiger partial charge in [0.15, 0.2) is 5.17 Å². The van der Waals surface area contributed by atoms with Crippen LogP contribution >= 0.6 is 23.7 Å². The van der Waals surface area contributed by atoms with Gasteiger partial charge >= 0.3 is 0 Å². The van der Waals surface area contributed by atoms with Gasteiger partial charge in [-0.25, -0.2) is 4.40 Å². The van der Waals surface area contributed by atoms with Crippen molar-refractivity contribution in [3.8, 4) is 0 Å². The molecule has 0 spiro atoms. The summed E-state index contributed by atoms with van der Waals surface area (Å²) in [4.78, 5) is 0. The van der Waals surface area contributed by atoms with Crippen molar-refractivity contribution < 1.29 is 0 Å². The van der Waals surface area contributed by atoms with Gasteiger partial charge in [-0.15, -0.1) is 11.8 Å². The quantitative estimate of drug-likeness (QED) is 0.348. The van der Waals surface area contributed by atoms with Crippen LogP contribution in [0.4, 0.5) is 0 Å². The summed E-state index contributed by atoms with van der Waals surface area (Å²) in [6, 6.07) is 0. The van der Waals surface area contributed by atoms with Gasteiger partial charge in [-0.05, 0) is 13.2 Å². The molecule has 0 amide bonds. The molecule has 0 aliphatic rings. The topological polar surface area (TPSA) is 62.2 Å². The highest BCUT2D eigenvalue weighted by atomic mass is 32.2. The molecule has 5 heteroatoms. The van der Waals surface area contributed by atoms with Gasteiger partial charge in [-0.2, -0.15) is 0 Å². The lowest BCUT2D eigenvalue weighted by atomic mass is 10.9. The second-order valence-corrected chi connectivity index (χ2v) is 3.07. The maximum atomic E-state index is 6.79. The number of rotatable bonds is 1. The lowest BCUT2D eigenvalue weighted by Crippen LogP contribution is -2.01. The summed E-state index contributed by atoms with van der Waals surface area (Å²) >= 11 is 2.54. The van der Waals surface area contributed by atoms with E-state index in [1.165, 1.54) is 0 Å². The molecule has 9 heavy (non-hydrogen) atoms. The third-order valence-electron chi connectivity index (χ3n) is 0.568. The molecular formula is C4H9N3S2. The zero-order chi connectivity index (χ0) is 7.28. The van der Waals surface area contributed by atoms with Crippen molar-refractivity contribution in [2.45, 2.75) is 6.92 Å². The summed E-state index contributed by atoms with van der Waals surface area (Å²) in [5.74, 6) is 0. The van der Waals surface area contributed by atoms with E-state index < -0.39 is 0 Å². The number of thioether (sulfide) groups is 1. The Balaban J connectivity index is 3.56. The van der Waals surface area contributed by atoms with Crippen LogP contribution in [0.5, 0.6) is 0 Å². The highest BCUT2D eigenvalue weighted by Crippen LogP contribution is 2.05. The number of hydrogen-bond acceptors (Lipinski definition) is 4. The van der Waals surface area contributed by atoms with Crippen molar-refractivity contribution in [1.29, 1.82) is 5.41 Å². The van der Waals surface area contributed by atoms with E-state index in [1.807, 2.05) is 13.2 Å². The van der Waals surface area contributed by atoms with Gasteiger partial charge < -0.3 is 5.73 Å². The Morgan fingerprint density at radius 2 is 2.22 bits per heavy atom. The third kappa shape index (κ3) is 5.72. The largest absolute Gasteiger partial charge is 0.377 e. The van der Waals surface area contributed by atoms with E-state index in [2.05, 4.69) is 4.40 Å². The summed E-state index contributed by atoms with van der Waals surface area (Å²) in [6.45, 7) is 1.88. The molecule has 52 valence electrons. The first kappa shape index (κ1) is 8.84. The zero-order valence-electron chi connectivity index (χ0n) is 5.34. The molecule has 0 aromatic heterocycles. The number of hydrogen-bond donors (Lipinski definition) is 2. The Hall–Kier alpha value is -0.160. The molecule has 0 rings (SSSR count). The van der Waals surface area contributed by atoms with Crippen LogP contribution in [0.3, 0.4) is 0 Å². The minimum atomic E-state index is 0.0309. The van der Waals surface area contributed by atoms with Gasteiger partial charge in [-0.3, -0.25) is 5.41 Å². The highest BCUT2D eigenvalue weighted by molar-refractivity contribution is 8.16. The van der Waals surface area contributed by atoms with Crippen LogP contribution in [0.1, 0.15) is 6.92 Å². The van der Waals surface area contributed by atoms with Crippen LogP contribution in [0.25, 0.3) is 0 Å². The smallest absolute Gasteiger partial charge is 0.174 e. The highest BCUT2D eigenvalue weighted by Gasteiger charge is 1.87. The van der Waals surface area contributed by atoms with E-state index in [9.17, 15) is 0 Å². The molecule has 3 N–H and O–H groups in total. The van der Waals surface area contributed by atoms with E-state index in [4.69, 9.17) is 11.1 Å². The fraction of sp³-hybridized carbons (Fsp3) is 0.500. The molecule has 0 radical (unpaired) electrons. The number of amidine groups is 1. The Morgan fingerprint density at radius 1 is 1.67 bits per heavy atom. The van der Waals surface area contributed by atoms with Crippen LogP contribution in [0, 0.1) is 5.41 Å². The molecule has 0 aliphatic heterocycles. The van der Waals surface area contributed by atoms with Crippen LogP contribution in [0.15, 0.2) is 4.40 Å². The van der Waals surface area contributed by atoms with E-state index in [0.717, 1.165) is 17.0 Å². The first-order valence-corrected chi connectivity index (χ1v) is 4.26. The molecule has 0 fully saturated rings. The lowest BCUT2D eigenvalue weighted by molar-refractivity contribution is 1.50. The van der Waals surface area contributed by atoms with E-state index in [0.29, 0.717) is 0 Å². The Kier molecular flexibility index (Phi) is 4.61. The van der Waals surface area contributed by atoms with Crippen molar-refractivity contribution >= 4 is 33.9 Å². The lowest BCUT2D eigenvalue weighted by Gasteiger charge is -1.90. The molecule has 0 aromatic carbocycles. The van der Waals surface area contributed by atoms with Crippen molar-refractivity contribution in [3.63, 3.8) is 0 Å². The SMILES string of the molecule is CS/C(C)=N/SC(=N)N. The molecular weight excluding hydrogens is 154 g/mol. The molecule has 0 saturated carbocycles. The summed E-state index contributed by atoms with van der Waals surface area (Å²) in [7, 11) is 0. The molecule has 0 bridgehead atoms. The monoisotopic (exact) mass is 163 g/mol. The minimum absolute atomic E-state index is 0.0309. The summed E-state index contributed by atoms with van der Waals surface area (Å²) in [5, 5.41) is 7.74. The van der Waals surface area contributed by atoms with Crippen molar-refractivity contribution in [3.05, 3.63) is 0 Å². The van der Waals surface area contributed by atoms with Gasteiger partial charge in [0.2, 0.25) is 0 Å². The van der Waals surface area contributed by atoms with E-state index >= 15 is 0 Å². The van der Waals surface area contributed by atoms with E-state index in [1.54, 1.807) is 11.8 Å². The molecule has 0 heterocycles. The number of nitrogens with zero attached hydrogens (tertiary/aromatic N) is 1. The summed E-state index contributed by atoms with van der Waals surface area (Å²) in [6.07, 6.45) is 1.93. The van der Waals surface area contributed by atoms with Crippen LogP contribution < -0.4 is 5.73 Å². The predicted octanol–water partition coefficient (Wildman–Crippen LogP) is 1.31. The third-order valence-corrected chi connectivity index (χ3v) is 1.93. The molecule has 0 atom stereocenters. The zero-order valence-corrected chi connectivity index (χ0v) is 6.97. The summed E-state index contributed by atoms with van der Waals surface area (Å²) in [5.41, 5.74) is 5.03. The fourth-order valence-electron chi connectivity index (χ4n) is 0.151. The van der Waals surface area contributed by atoms with Gasteiger partial charge in [0.1, 0.15) is 0 Å². The molecule has 0 aromatic rings. The maximum absolute atomic E-state index is 6.79. The molecule has 0 saturated heterocycles. The maximum Gasteiger partial charge on any atom is 0.174 e. The Labute approximate surface area is 63.1 Å². The molecule has 0 aliphatic carbocycles. The number of nitrogens with one attached hydrogen (secondary N) is 1. The van der Waals surface area contributed by atoms with Crippen molar-refractivity contribution in [2.24, 2.45) is 10.1 Å².